The molecule has 0 N–H and O–H groups in total. The molecule has 3 aromatic heterocycles. The molecule has 14 heavy (non-hydrogen) atoms. The maximum Gasteiger partial charge on any atom is 0.227 e. The highest BCUT2D eigenvalue weighted by Crippen LogP contribution is 2.30. The molecule has 0 saturated heterocycles. The summed E-state index contributed by atoms with van der Waals surface area (Å²) >= 11 is 5.98. The highest BCUT2D eigenvalue weighted by Gasteiger charge is 2.10. The smallest absolute Gasteiger partial charge is 0.227 e. The topological polar surface area (TPSA) is 38.9 Å². The number of aromatic nitrogens is 2. The van der Waals surface area contributed by atoms with Gasteiger partial charge in [0.05, 0.1) is 10.8 Å². The van der Waals surface area contributed by atoms with Crippen LogP contribution in [0.1, 0.15) is 0 Å². The molecule has 0 amide bonds. The SMILES string of the molecule is Clc1nccc2oc3ncccc3c12. The van der Waals surface area contributed by atoms with Crippen LogP contribution in [0.25, 0.3) is 22.1 Å². The van der Waals surface area contributed by atoms with E-state index < -0.39 is 0 Å². The largest absolute Gasteiger partial charge is 0.438 e. The first-order valence-corrected chi connectivity index (χ1v) is 4.52. The predicted molar refractivity (Wildman–Crippen MR) is 54.3 cm³/mol. The van der Waals surface area contributed by atoms with Crippen molar-refractivity contribution in [2.45, 2.75) is 0 Å². The molecule has 3 heterocycles. The third kappa shape index (κ3) is 0.930. The van der Waals surface area contributed by atoms with Crippen molar-refractivity contribution in [3.63, 3.8) is 0 Å². The Morgan fingerprint density at radius 1 is 1.14 bits per heavy atom. The fourth-order valence-corrected chi connectivity index (χ4v) is 1.77. The summed E-state index contributed by atoms with van der Waals surface area (Å²) in [5, 5.41) is 2.19. The van der Waals surface area contributed by atoms with E-state index in [4.69, 9.17) is 16.0 Å². The molecule has 0 saturated carbocycles. The minimum absolute atomic E-state index is 0.453. The first-order valence-electron chi connectivity index (χ1n) is 4.14. The lowest BCUT2D eigenvalue weighted by molar-refractivity contribution is 0.653. The van der Waals surface area contributed by atoms with Crippen molar-refractivity contribution in [2.24, 2.45) is 0 Å². The monoisotopic (exact) mass is 204 g/mol. The minimum Gasteiger partial charge on any atom is -0.438 e. The lowest BCUT2D eigenvalue weighted by Gasteiger charge is -1.89. The van der Waals surface area contributed by atoms with Gasteiger partial charge in [-0.15, -0.1) is 0 Å². The molecule has 3 nitrogen and oxygen atoms in total. The summed E-state index contributed by atoms with van der Waals surface area (Å²) in [6, 6.07) is 5.55. The zero-order valence-corrected chi connectivity index (χ0v) is 7.82. The van der Waals surface area contributed by atoms with Crippen LogP contribution < -0.4 is 0 Å². The normalized spacial score (nSPS) is 11.2. The molecule has 0 atom stereocenters. The van der Waals surface area contributed by atoms with Crippen molar-refractivity contribution in [3.8, 4) is 0 Å². The number of furan rings is 1. The summed E-state index contributed by atoms with van der Waals surface area (Å²) in [5.74, 6) is 0. The molecule has 68 valence electrons. The predicted octanol–water partition coefficient (Wildman–Crippen LogP) is 3.03. The molecule has 3 aromatic rings. The number of hydrogen-bond acceptors (Lipinski definition) is 3. The van der Waals surface area contributed by atoms with E-state index in [2.05, 4.69) is 9.97 Å². The lowest BCUT2D eigenvalue weighted by Crippen LogP contribution is -1.74. The van der Waals surface area contributed by atoms with E-state index in [-0.39, 0.29) is 0 Å². The van der Waals surface area contributed by atoms with Crippen molar-refractivity contribution in [1.82, 2.24) is 9.97 Å². The van der Waals surface area contributed by atoms with Crippen LogP contribution in [0.3, 0.4) is 0 Å². The molecule has 0 aromatic carbocycles. The third-order valence-electron chi connectivity index (χ3n) is 2.11. The molecule has 3 rings (SSSR count). The summed E-state index contributed by atoms with van der Waals surface area (Å²) in [6.45, 7) is 0. The van der Waals surface area contributed by atoms with Gasteiger partial charge in [0.15, 0.2) is 0 Å². The average molecular weight is 205 g/mol. The van der Waals surface area contributed by atoms with E-state index in [1.807, 2.05) is 12.1 Å². The maximum atomic E-state index is 5.98. The zero-order valence-electron chi connectivity index (χ0n) is 7.07. The number of fused-ring (bicyclic) bond motifs is 3. The maximum absolute atomic E-state index is 5.98. The van der Waals surface area contributed by atoms with E-state index in [1.165, 1.54) is 0 Å². The molecule has 0 unspecified atom stereocenters. The summed E-state index contributed by atoms with van der Waals surface area (Å²) in [5.41, 5.74) is 1.32. The Morgan fingerprint density at radius 2 is 2.07 bits per heavy atom. The summed E-state index contributed by atoms with van der Waals surface area (Å²) < 4.78 is 5.50. The minimum atomic E-state index is 0.453. The van der Waals surface area contributed by atoms with E-state index in [0.29, 0.717) is 10.9 Å². The molecular weight excluding hydrogens is 200 g/mol. The molecule has 0 aliphatic rings. The Hall–Kier alpha value is -1.61. The van der Waals surface area contributed by atoms with Crippen molar-refractivity contribution in [2.75, 3.05) is 0 Å². The van der Waals surface area contributed by atoms with Crippen LogP contribution in [0.5, 0.6) is 0 Å². The van der Waals surface area contributed by atoms with Gasteiger partial charge in [-0.25, -0.2) is 9.97 Å². The van der Waals surface area contributed by atoms with Crippen LogP contribution >= 0.6 is 11.6 Å². The van der Waals surface area contributed by atoms with E-state index in [1.54, 1.807) is 18.5 Å². The summed E-state index contributed by atoms with van der Waals surface area (Å²) in [6.07, 6.45) is 3.30. The Bertz CT molecular complexity index is 618. The van der Waals surface area contributed by atoms with Crippen molar-refractivity contribution >= 4 is 33.7 Å². The van der Waals surface area contributed by atoms with Crippen LogP contribution in [0.15, 0.2) is 35.0 Å². The van der Waals surface area contributed by atoms with Crippen LogP contribution in [-0.4, -0.2) is 9.97 Å². The van der Waals surface area contributed by atoms with Gasteiger partial charge in [-0.2, -0.15) is 0 Å². The van der Waals surface area contributed by atoms with E-state index >= 15 is 0 Å². The highest BCUT2D eigenvalue weighted by molar-refractivity contribution is 6.36. The van der Waals surface area contributed by atoms with Gasteiger partial charge in [0.25, 0.3) is 0 Å². The second kappa shape index (κ2) is 2.69. The Balaban J connectivity index is 2.65. The number of pyridine rings is 2. The first kappa shape index (κ1) is 7.76. The molecule has 4 heteroatoms. The third-order valence-corrected chi connectivity index (χ3v) is 2.40. The van der Waals surface area contributed by atoms with Gasteiger partial charge in [0, 0.05) is 12.4 Å². The van der Waals surface area contributed by atoms with Gasteiger partial charge in [0.2, 0.25) is 5.71 Å². The summed E-state index contributed by atoms with van der Waals surface area (Å²) in [4.78, 5) is 8.11. The van der Waals surface area contributed by atoms with Crippen molar-refractivity contribution in [1.29, 1.82) is 0 Å². The fraction of sp³-hybridized carbons (Fsp3) is 0. The average Bonchev–Trinajstić information content (AvgIpc) is 2.57. The molecule has 0 fully saturated rings. The van der Waals surface area contributed by atoms with Crippen LogP contribution in [0.2, 0.25) is 5.15 Å². The Labute approximate surface area is 84.3 Å². The zero-order chi connectivity index (χ0) is 9.54. The molecule has 0 spiro atoms. The second-order valence-electron chi connectivity index (χ2n) is 2.93. The number of halogens is 1. The van der Waals surface area contributed by atoms with Crippen LogP contribution in [-0.2, 0) is 0 Å². The van der Waals surface area contributed by atoms with Crippen molar-refractivity contribution < 1.29 is 4.42 Å². The van der Waals surface area contributed by atoms with Crippen LogP contribution in [0, 0.1) is 0 Å². The molecule has 0 aliphatic heterocycles. The van der Waals surface area contributed by atoms with E-state index in [9.17, 15) is 0 Å². The molecule has 0 aliphatic carbocycles. The van der Waals surface area contributed by atoms with Gasteiger partial charge in [-0.1, -0.05) is 11.6 Å². The second-order valence-corrected chi connectivity index (χ2v) is 3.29. The Kier molecular flexibility index (Phi) is 1.49. The van der Waals surface area contributed by atoms with Gasteiger partial charge >= 0.3 is 0 Å². The summed E-state index contributed by atoms with van der Waals surface area (Å²) in [7, 11) is 0. The fourth-order valence-electron chi connectivity index (χ4n) is 1.52. The van der Waals surface area contributed by atoms with Gasteiger partial charge in [-0.05, 0) is 18.2 Å². The number of nitrogens with zero attached hydrogens (tertiary/aromatic N) is 2. The lowest BCUT2D eigenvalue weighted by atomic mass is 10.2. The highest BCUT2D eigenvalue weighted by atomic mass is 35.5. The quantitative estimate of drug-likeness (QED) is 0.529. The molecule has 0 radical (unpaired) electrons. The Morgan fingerprint density at radius 3 is 3.00 bits per heavy atom. The van der Waals surface area contributed by atoms with Gasteiger partial charge < -0.3 is 4.42 Å². The standard InChI is InChI=1S/C10H5ClN2O/c11-9-8-6-2-1-4-13-10(6)14-7(8)3-5-12-9/h1-5H. The molecular formula is C10H5ClN2O. The van der Waals surface area contributed by atoms with Crippen LogP contribution in [0.4, 0.5) is 0 Å². The number of rotatable bonds is 0. The van der Waals surface area contributed by atoms with Crippen molar-refractivity contribution in [3.05, 3.63) is 35.7 Å². The van der Waals surface area contributed by atoms with Gasteiger partial charge in [-0.3, -0.25) is 0 Å². The number of hydrogen-bond donors (Lipinski definition) is 0. The van der Waals surface area contributed by atoms with E-state index in [0.717, 1.165) is 16.4 Å². The van der Waals surface area contributed by atoms with Gasteiger partial charge in [0.1, 0.15) is 10.7 Å². The molecule has 0 bridgehead atoms. The first-order chi connectivity index (χ1) is 6.86.